The van der Waals surface area contributed by atoms with E-state index in [1.807, 2.05) is 6.92 Å². The first-order valence-electron chi connectivity index (χ1n) is 5.72. The number of alkyl halides is 1. The molecule has 0 spiro atoms. The van der Waals surface area contributed by atoms with Crippen molar-refractivity contribution in [2.45, 2.75) is 6.92 Å². The summed E-state index contributed by atoms with van der Waals surface area (Å²) in [6.45, 7) is 3.00. The van der Waals surface area contributed by atoms with Crippen LogP contribution in [0.25, 0.3) is 0 Å². The van der Waals surface area contributed by atoms with Gasteiger partial charge >= 0.3 is 0 Å². The summed E-state index contributed by atoms with van der Waals surface area (Å²) in [7, 11) is 1.39. The topological polar surface area (TPSA) is 72.7 Å². The summed E-state index contributed by atoms with van der Waals surface area (Å²) in [5.41, 5.74) is 0.229. The average molecular weight is 331 g/mol. The van der Waals surface area contributed by atoms with Crippen LogP contribution in [0.5, 0.6) is 5.75 Å². The molecule has 1 rings (SSSR count). The second-order valence-corrected chi connectivity index (χ2v) is 4.51. The summed E-state index contributed by atoms with van der Waals surface area (Å²) in [5, 5.41) is 11.4. The van der Waals surface area contributed by atoms with Gasteiger partial charge in [0, 0.05) is 24.5 Å². The molecule has 19 heavy (non-hydrogen) atoms. The highest BCUT2D eigenvalue weighted by molar-refractivity contribution is 9.09. The lowest BCUT2D eigenvalue weighted by Crippen LogP contribution is -2.32. The zero-order valence-corrected chi connectivity index (χ0v) is 12.3. The van der Waals surface area contributed by atoms with Crippen LogP contribution in [-0.4, -0.2) is 41.3 Å². The lowest BCUT2D eigenvalue weighted by atomic mass is 10.1. The average Bonchev–Trinajstić information content (AvgIpc) is 2.43. The largest absolute Gasteiger partial charge is 0.496 e. The van der Waals surface area contributed by atoms with Crippen molar-refractivity contribution in [1.29, 1.82) is 0 Å². The van der Waals surface area contributed by atoms with Crippen LogP contribution in [0.4, 0.5) is 5.69 Å². The summed E-state index contributed by atoms with van der Waals surface area (Å²) in [6, 6.07) is 3.99. The van der Waals surface area contributed by atoms with Gasteiger partial charge in [0.1, 0.15) is 5.75 Å². The Morgan fingerprint density at radius 1 is 1.53 bits per heavy atom. The second kappa shape index (κ2) is 7.08. The maximum absolute atomic E-state index is 12.3. The van der Waals surface area contributed by atoms with Gasteiger partial charge in [0.25, 0.3) is 11.6 Å². The first-order valence-corrected chi connectivity index (χ1v) is 6.85. The predicted molar refractivity (Wildman–Crippen MR) is 75.0 cm³/mol. The molecule has 1 aromatic carbocycles. The molecule has 0 heterocycles. The Kier molecular flexibility index (Phi) is 5.75. The highest BCUT2D eigenvalue weighted by Gasteiger charge is 2.20. The Bertz CT molecular complexity index is 479. The Labute approximate surface area is 119 Å². The van der Waals surface area contributed by atoms with E-state index in [1.165, 1.54) is 25.3 Å². The van der Waals surface area contributed by atoms with Crippen LogP contribution < -0.4 is 4.74 Å². The molecule has 1 aromatic rings. The van der Waals surface area contributed by atoms with Gasteiger partial charge < -0.3 is 9.64 Å². The van der Waals surface area contributed by atoms with E-state index in [2.05, 4.69) is 15.9 Å². The Hall–Kier alpha value is -1.63. The number of non-ortho nitro benzene ring substituents is 1. The number of nitrogens with zero attached hydrogens (tertiary/aromatic N) is 2. The normalized spacial score (nSPS) is 10.1. The van der Waals surface area contributed by atoms with E-state index in [-0.39, 0.29) is 17.3 Å². The van der Waals surface area contributed by atoms with Crippen LogP contribution in [0.1, 0.15) is 17.3 Å². The van der Waals surface area contributed by atoms with Crippen molar-refractivity contribution < 1.29 is 14.5 Å². The standard InChI is InChI=1S/C12H15BrN2O4/c1-3-14(7-6-13)12(16)10-5-4-9(15(17)18)8-11(10)19-2/h4-5,8H,3,6-7H2,1-2H3. The smallest absolute Gasteiger partial charge is 0.273 e. The number of rotatable bonds is 6. The third-order valence-electron chi connectivity index (χ3n) is 2.65. The Morgan fingerprint density at radius 3 is 2.68 bits per heavy atom. The van der Waals surface area contributed by atoms with Crippen molar-refractivity contribution in [2.75, 3.05) is 25.5 Å². The summed E-state index contributed by atoms with van der Waals surface area (Å²) < 4.78 is 5.07. The molecule has 0 aliphatic carbocycles. The zero-order valence-electron chi connectivity index (χ0n) is 10.8. The third-order valence-corrected chi connectivity index (χ3v) is 3.00. The molecule has 0 saturated heterocycles. The van der Waals surface area contributed by atoms with Gasteiger partial charge in [-0.2, -0.15) is 0 Å². The number of halogens is 1. The maximum Gasteiger partial charge on any atom is 0.273 e. The minimum absolute atomic E-state index is 0.100. The van der Waals surface area contributed by atoms with E-state index in [4.69, 9.17) is 4.74 Å². The SMILES string of the molecule is CCN(CCBr)C(=O)c1ccc([N+](=O)[O-])cc1OC. The molecule has 0 aliphatic heterocycles. The second-order valence-electron chi connectivity index (χ2n) is 3.72. The van der Waals surface area contributed by atoms with Crippen molar-refractivity contribution in [1.82, 2.24) is 4.90 Å². The van der Waals surface area contributed by atoms with Gasteiger partial charge in [-0.25, -0.2) is 0 Å². The number of benzene rings is 1. The number of carbonyl (C=O) groups excluding carboxylic acids is 1. The van der Waals surface area contributed by atoms with Crippen molar-refractivity contribution >= 4 is 27.5 Å². The molecule has 0 atom stereocenters. The lowest BCUT2D eigenvalue weighted by molar-refractivity contribution is -0.384. The molecule has 0 aromatic heterocycles. The Balaban J connectivity index is 3.12. The minimum atomic E-state index is -0.521. The number of ether oxygens (including phenoxy) is 1. The summed E-state index contributed by atoms with van der Waals surface area (Å²) in [4.78, 5) is 24.1. The maximum atomic E-state index is 12.3. The number of hydrogen-bond acceptors (Lipinski definition) is 4. The van der Waals surface area contributed by atoms with E-state index < -0.39 is 4.92 Å². The van der Waals surface area contributed by atoms with E-state index in [1.54, 1.807) is 4.90 Å². The molecule has 6 nitrogen and oxygen atoms in total. The molecule has 0 unspecified atom stereocenters. The van der Waals surface area contributed by atoms with E-state index in [9.17, 15) is 14.9 Å². The molecular formula is C12H15BrN2O4. The molecule has 104 valence electrons. The number of carbonyl (C=O) groups is 1. The summed E-state index contributed by atoms with van der Waals surface area (Å²) >= 11 is 3.28. The number of hydrogen-bond donors (Lipinski definition) is 0. The predicted octanol–water partition coefficient (Wildman–Crippen LogP) is 2.46. The lowest BCUT2D eigenvalue weighted by Gasteiger charge is -2.20. The number of nitro groups is 1. The molecule has 1 amide bonds. The van der Waals surface area contributed by atoms with Crippen molar-refractivity contribution in [2.24, 2.45) is 0 Å². The Morgan fingerprint density at radius 2 is 2.21 bits per heavy atom. The molecule has 0 radical (unpaired) electrons. The third kappa shape index (κ3) is 3.66. The minimum Gasteiger partial charge on any atom is -0.496 e. The number of nitro benzene ring substituents is 1. The fourth-order valence-electron chi connectivity index (χ4n) is 1.65. The number of amides is 1. The van der Waals surface area contributed by atoms with Gasteiger partial charge in [-0.15, -0.1) is 0 Å². The van der Waals surface area contributed by atoms with Gasteiger partial charge in [-0.1, -0.05) is 15.9 Å². The van der Waals surface area contributed by atoms with Crippen LogP contribution in [0.3, 0.4) is 0 Å². The van der Waals surface area contributed by atoms with Gasteiger partial charge in [0.2, 0.25) is 0 Å². The zero-order chi connectivity index (χ0) is 14.4. The van der Waals surface area contributed by atoms with Gasteiger partial charge in [-0.3, -0.25) is 14.9 Å². The van der Waals surface area contributed by atoms with Gasteiger partial charge in [-0.05, 0) is 13.0 Å². The number of methoxy groups -OCH3 is 1. The molecular weight excluding hydrogens is 316 g/mol. The van der Waals surface area contributed by atoms with E-state index in [0.717, 1.165) is 0 Å². The fourth-order valence-corrected chi connectivity index (χ4v) is 2.07. The quantitative estimate of drug-likeness (QED) is 0.456. The van der Waals surface area contributed by atoms with Crippen LogP contribution in [0.15, 0.2) is 18.2 Å². The molecule has 0 aliphatic rings. The summed E-state index contributed by atoms with van der Waals surface area (Å²) in [6.07, 6.45) is 0. The fraction of sp³-hybridized carbons (Fsp3) is 0.417. The monoisotopic (exact) mass is 330 g/mol. The van der Waals surface area contributed by atoms with E-state index >= 15 is 0 Å². The molecule has 0 bridgehead atoms. The first-order chi connectivity index (χ1) is 9.04. The van der Waals surface area contributed by atoms with Crippen LogP contribution in [0.2, 0.25) is 0 Å². The molecule has 0 fully saturated rings. The highest BCUT2D eigenvalue weighted by atomic mass is 79.9. The molecule has 7 heteroatoms. The first kappa shape index (κ1) is 15.4. The van der Waals surface area contributed by atoms with Crippen molar-refractivity contribution in [3.8, 4) is 5.75 Å². The van der Waals surface area contributed by atoms with Crippen LogP contribution in [-0.2, 0) is 0 Å². The van der Waals surface area contributed by atoms with Crippen molar-refractivity contribution in [3.05, 3.63) is 33.9 Å². The van der Waals surface area contributed by atoms with Gasteiger partial charge in [0.15, 0.2) is 0 Å². The highest BCUT2D eigenvalue weighted by Crippen LogP contribution is 2.25. The van der Waals surface area contributed by atoms with Gasteiger partial charge in [0.05, 0.1) is 23.7 Å². The van der Waals surface area contributed by atoms with E-state index in [0.29, 0.717) is 24.0 Å². The molecule has 0 N–H and O–H groups in total. The van der Waals surface area contributed by atoms with Crippen molar-refractivity contribution in [3.63, 3.8) is 0 Å². The molecule has 0 saturated carbocycles. The van der Waals surface area contributed by atoms with Crippen LogP contribution >= 0.6 is 15.9 Å². The van der Waals surface area contributed by atoms with Crippen LogP contribution in [0, 0.1) is 10.1 Å². The summed E-state index contributed by atoms with van der Waals surface area (Å²) in [5.74, 6) is 0.0147.